The molecule has 0 radical (unpaired) electrons. The van der Waals surface area contributed by atoms with Gasteiger partial charge in [0.15, 0.2) is 0 Å². The number of rotatable bonds is 3. The van der Waals surface area contributed by atoms with Crippen LogP contribution >= 0.6 is 0 Å². The molecule has 1 aliphatic rings. The van der Waals surface area contributed by atoms with E-state index in [2.05, 4.69) is 24.9 Å². The van der Waals surface area contributed by atoms with Crippen molar-refractivity contribution < 1.29 is 0 Å². The molecule has 0 heterocycles. The van der Waals surface area contributed by atoms with Gasteiger partial charge in [0, 0.05) is 18.7 Å². The van der Waals surface area contributed by atoms with Crippen LogP contribution in [0, 0.1) is 12.3 Å². The van der Waals surface area contributed by atoms with Crippen LogP contribution in [-0.4, -0.2) is 18.9 Å². The fourth-order valence-electron chi connectivity index (χ4n) is 3.17. The molecular weight excluding hydrogens is 234 g/mol. The Morgan fingerprint density at radius 1 is 1.21 bits per heavy atom. The zero-order valence-corrected chi connectivity index (χ0v) is 12.1. The molecule has 0 atom stereocenters. The van der Waals surface area contributed by atoms with Crippen molar-refractivity contribution in [3.8, 4) is 0 Å². The summed E-state index contributed by atoms with van der Waals surface area (Å²) in [5.74, 6) is 0.166. The molecule has 0 aliphatic heterocycles. The summed E-state index contributed by atoms with van der Waals surface area (Å²) in [7, 11) is 2.16. The Bertz CT molecular complexity index is 445. The molecule has 0 bridgehead atoms. The lowest BCUT2D eigenvalue weighted by Gasteiger charge is -2.32. The van der Waals surface area contributed by atoms with Gasteiger partial charge in [0.1, 0.15) is 5.84 Å². The van der Waals surface area contributed by atoms with Crippen LogP contribution in [0.15, 0.2) is 18.2 Å². The molecule has 104 valence electrons. The van der Waals surface area contributed by atoms with Gasteiger partial charge >= 0.3 is 0 Å². The first kappa shape index (κ1) is 13.9. The first-order chi connectivity index (χ1) is 9.11. The summed E-state index contributed by atoms with van der Waals surface area (Å²) in [6, 6.07) is 6.63. The van der Waals surface area contributed by atoms with Crippen LogP contribution in [0.1, 0.15) is 49.7 Å². The molecule has 0 amide bonds. The quantitative estimate of drug-likeness (QED) is 0.496. The minimum atomic E-state index is 0.166. The number of aryl methyl sites for hydroxylation is 1. The number of anilines is 1. The number of para-hydroxylation sites is 1. The SMILES string of the molecule is Cc1cccc(C(=N)N)c1N(C)C1CCCCCC1. The second-order valence-electron chi connectivity index (χ2n) is 5.64. The molecule has 0 spiro atoms. The van der Waals surface area contributed by atoms with Gasteiger partial charge in [0.25, 0.3) is 0 Å². The molecule has 19 heavy (non-hydrogen) atoms. The molecule has 3 N–H and O–H groups in total. The molecule has 1 saturated carbocycles. The van der Waals surface area contributed by atoms with Gasteiger partial charge in [0.05, 0.1) is 5.69 Å². The van der Waals surface area contributed by atoms with E-state index in [1.54, 1.807) is 0 Å². The van der Waals surface area contributed by atoms with Gasteiger partial charge in [-0.1, -0.05) is 37.8 Å². The van der Waals surface area contributed by atoms with Crippen LogP contribution in [0.25, 0.3) is 0 Å². The number of nitrogen functional groups attached to an aromatic ring is 1. The minimum absolute atomic E-state index is 0.166. The zero-order chi connectivity index (χ0) is 13.8. The number of amidine groups is 1. The number of hydrogen-bond acceptors (Lipinski definition) is 2. The maximum Gasteiger partial charge on any atom is 0.124 e. The Hall–Kier alpha value is -1.51. The highest BCUT2D eigenvalue weighted by molar-refractivity contribution is 6.01. The van der Waals surface area contributed by atoms with Crippen LogP contribution in [0.3, 0.4) is 0 Å². The number of benzene rings is 1. The standard InChI is InChI=1S/C16H25N3/c1-12-8-7-11-14(16(17)18)15(12)19(2)13-9-5-3-4-6-10-13/h7-8,11,13H,3-6,9-10H2,1-2H3,(H3,17,18). The van der Waals surface area contributed by atoms with E-state index in [9.17, 15) is 0 Å². The fraction of sp³-hybridized carbons (Fsp3) is 0.562. The van der Waals surface area contributed by atoms with E-state index in [1.165, 1.54) is 44.1 Å². The van der Waals surface area contributed by atoms with Gasteiger partial charge in [-0.25, -0.2) is 0 Å². The van der Waals surface area contributed by atoms with E-state index in [0.29, 0.717) is 6.04 Å². The molecule has 0 saturated heterocycles. The van der Waals surface area contributed by atoms with E-state index in [4.69, 9.17) is 11.1 Å². The summed E-state index contributed by atoms with van der Waals surface area (Å²) in [6.45, 7) is 2.11. The lowest BCUT2D eigenvalue weighted by atomic mass is 10.0. The number of nitrogens with one attached hydrogen (secondary N) is 1. The van der Waals surface area contributed by atoms with Crippen LogP contribution < -0.4 is 10.6 Å². The van der Waals surface area contributed by atoms with Crippen molar-refractivity contribution in [1.82, 2.24) is 0 Å². The molecule has 0 unspecified atom stereocenters. The highest BCUT2D eigenvalue weighted by Gasteiger charge is 2.21. The van der Waals surface area contributed by atoms with Crippen molar-refractivity contribution in [2.24, 2.45) is 5.73 Å². The molecule has 3 heteroatoms. The van der Waals surface area contributed by atoms with Crippen molar-refractivity contribution in [3.63, 3.8) is 0 Å². The van der Waals surface area contributed by atoms with E-state index in [1.807, 2.05) is 12.1 Å². The van der Waals surface area contributed by atoms with Crippen LogP contribution in [0.4, 0.5) is 5.69 Å². The zero-order valence-electron chi connectivity index (χ0n) is 12.1. The summed E-state index contributed by atoms with van der Waals surface area (Å²) in [6.07, 6.45) is 7.85. The Morgan fingerprint density at radius 3 is 2.42 bits per heavy atom. The summed E-state index contributed by atoms with van der Waals surface area (Å²) >= 11 is 0. The predicted molar refractivity (Wildman–Crippen MR) is 82.1 cm³/mol. The second kappa shape index (κ2) is 6.09. The van der Waals surface area contributed by atoms with E-state index < -0.39 is 0 Å². The highest BCUT2D eigenvalue weighted by atomic mass is 15.1. The first-order valence-electron chi connectivity index (χ1n) is 7.28. The topological polar surface area (TPSA) is 53.1 Å². The Balaban J connectivity index is 2.31. The Morgan fingerprint density at radius 2 is 1.84 bits per heavy atom. The molecule has 3 nitrogen and oxygen atoms in total. The van der Waals surface area contributed by atoms with Gasteiger partial charge in [-0.2, -0.15) is 0 Å². The normalized spacial score (nSPS) is 16.9. The molecule has 2 rings (SSSR count). The minimum Gasteiger partial charge on any atom is -0.384 e. The largest absolute Gasteiger partial charge is 0.384 e. The average molecular weight is 259 g/mol. The molecule has 0 aromatic heterocycles. The van der Waals surface area contributed by atoms with Crippen molar-refractivity contribution in [3.05, 3.63) is 29.3 Å². The van der Waals surface area contributed by atoms with E-state index in [-0.39, 0.29) is 5.84 Å². The van der Waals surface area contributed by atoms with Crippen LogP contribution in [0.5, 0.6) is 0 Å². The summed E-state index contributed by atoms with van der Waals surface area (Å²) in [5, 5.41) is 7.77. The number of hydrogen-bond donors (Lipinski definition) is 2. The summed E-state index contributed by atoms with van der Waals surface area (Å²) < 4.78 is 0. The lowest BCUT2D eigenvalue weighted by molar-refractivity contribution is 0.552. The Kier molecular flexibility index (Phi) is 4.46. The van der Waals surface area contributed by atoms with Gasteiger partial charge in [-0.3, -0.25) is 5.41 Å². The third-order valence-electron chi connectivity index (χ3n) is 4.25. The van der Waals surface area contributed by atoms with E-state index in [0.717, 1.165) is 11.3 Å². The second-order valence-corrected chi connectivity index (χ2v) is 5.64. The summed E-state index contributed by atoms with van der Waals surface area (Å²) in [4.78, 5) is 2.36. The molecule has 1 fully saturated rings. The van der Waals surface area contributed by atoms with Crippen molar-refractivity contribution in [2.75, 3.05) is 11.9 Å². The first-order valence-corrected chi connectivity index (χ1v) is 7.28. The Labute approximate surface area is 116 Å². The van der Waals surface area contributed by atoms with Crippen molar-refractivity contribution in [2.45, 2.75) is 51.5 Å². The fourth-order valence-corrected chi connectivity index (χ4v) is 3.17. The van der Waals surface area contributed by atoms with Crippen molar-refractivity contribution in [1.29, 1.82) is 5.41 Å². The maximum absolute atomic E-state index is 7.77. The van der Waals surface area contributed by atoms with E-state index >= 15 is 0 Å². The van der Waals surface area contributed by atoms with Gasteiger partial charge < -0.3 is 10.6 Å². The lowest BCUT2D eigenvalue weighted by Crippen LogP contribution is -2.33. The highest BCUT2D eigenvalue weighted by Crippen LogP contribution is 2.30. The molecular formula is C16H25N3. The third kappa shape index (κ3) is 3.09. The number of nitrogens with two attached hydrogens (primary N) is 1. The molecule has 1 aromatic rings. The van der Waals surface area contributed by atoms with Gasteiger partial charge in [-0.05, 0) is 31.4 Å². The predicted octanol–water partition coefficient (Wildman–Crippen LogP) is 3.44. The average Bonchev–Trinajstić information content (AvgIpc) is 2.66. The third-order valence-corrected chi connectivity index (χ3v) is 4.25. The van der Waals surface area contributed by atoms with Crippen LogP contribution in [0.2, 0.25) is 0 Å². The smallest absolute Gasteiger partial charge is 0.124 e. The van der Waals surface area contributed by atoms with Gasteiger partial charge in [0.2, 0.25) is 0 Å². The molecule has 1 aliphatic carbocycles. The van der Waals surface area contributed by atoms with Gasteiger partial charge in [-0.15, -0.1) is 0 Å². The summed E-state index contributed by atoms with van der Waals surface area (Å²) in [5.41, 5.74) is 8.95. The molecule has 1 aromatic carbocycles. The van der Waals surface area contributed by atoms with Crippen LogP contribution in [-0.2, 0) is 0 Å². The monoisotopic (exact) mass is 259 g/mol. The van der Waals surface area contributed by atoms with Crippen molar-refractivity contribution >= 4 is 11.5 Å². The maximum atomic E-state index is 7.77. The number of nitrogens with zero attached hydrogens (tertiary/aromatic N) is 1.